The zero-order chi connectivity index (χ0) is 15.6. The summed E-state index contributed by atoms with van der Waals surface area (Å²) in [5.74, 6) is 4.57. The number of furan rings is 1. The maximum absolute atomic E-state index is 12.7. The molecule has 0 amide bonds. The summed E-state index contributed by atoms with van der Waals surface area (Å²) in [4.78, 5) is 12.7. The maximum atomic E-state index is 12.7. The van der Waals surface area contributed by atoms with E-state index < -0.39 is 0 Å². The Morgan fingerprint density at radius 3 is 2.62 bits per heavy atom. The molecule has 1 saturated carbocycles. The zero-order valence-corrected chi connectivity index (χ0v) is 14.2. The fourth-order valence-corrected chi connectivity index (χ4v) is 3.95. The predicted octanol–water partition coefficient (Wildman–Crippen LogP) is 5.11. The summed E-state index contributed by atoms with van der Waals surface area (Å²) >= 11 is 0. The van der Waals surface area contributed by atoms with E-state index in [0.717, 1.165) is 24.4 Å². The molecule has 0 aromatic carbocycles. The maximum Gasteiger partial charge on any atom is 0.136 e. The number of aryl methyl sites for hydroxylation is 3. The molecule has 1 fully saturated rings. The quantitative estimate of drug-likeness (QED) is 0.754. The fraction of sp³-hybridized carbons (Fsp3) is 0.737. The first-order chi connectivity index (χ1) is 9.88. The van der Waals surface area contributed by atoms with E-state index in [9.17, 15) is 4.79 Å². The number of rotatable bonds is 5. The Morgan fingerprint density at radius 2 is 2.05 bits per heavy atom. The van der Waals surface area contributed by atoms with Gasteiger partial charge in [-0.1, -0.05) is 27.2 Å². The normalized spacial score (nSPS) is 26.3. The van der Waals surface area contributed by atoms with Crippen molar-refractivity contribution in [2.75, 3.05) is 0 Å². The Morgan fingerprint density at radius 1 is 1.33 bits per heavy atom. The number of carbonyl (C=O) groups excluding carboxylic acids is 1. The van der Waals surface area contributed by atoms with Crippen molar-refractivity contribution in [1.29, 1.82) is 0 Å². The third kappa shape index (κ3) is 3.99. The fourth-order valence-electron chi connectivity index (χ4n) is 3.95. The first kappa shape index (κ1) is 16.3. The molecule has 0 bridgehead atoms. The highest BCUT2D eigenvalue weighted by molar-refractivity contribution is 5.81. The van der Waals surface area contributed by atoms with Crippen LogP contribution < -0.4 is 0 Å². The van der Waals surface area contributed by atoms with Crippen molar-refractivity contribution in [1.82, 2.24) is 0 Å². The predicted molar refractivity (Wildman–Crippen MR) is 86.3 cm³/mol. The number of hydrogen-bond donors (Lipinski definition) is 0. The molecule has 0 unspecified atom stereocenters. The van der Waals surface area contributed by atoms with Crippen LogP contribution in [0.5, 0.6) is 0 Å². The Balaban J connectivity index is 1.98. The second-order valence-corrected chi connectivity index (χ2v) is 7.34. The highest BCUT2D eigenvalue weighted by Crippen LogP contribution is 2.39. The summed E-state index contributed by atoms with van der Waals surface area (Å²) < 4.78 is 5.56. The minimum Gasteiger partial charge on any atom is -0.466 e. The summed E-state index contributed by atoms with van der Waals surface area (Å²) in [5.41, 5.74) is 1.20. The summed E-state index contributed by atoms with van der Waals surface area (Å²) in [6.07, 6.45) is 5.09. The van der Waals surface area contributed by atoms with Crippen molar-refractivity contribution < 1.29 is 9.21 Å². The van der Waals surface area contributed by atoms with Gasteiger partial charge in [0.15, 0.2) is 0 Å². The second-order valence-electron chi connectivity index (χ2n) is 7.34. The van der Waals surface area contributed by atoms with E-state index in [1.165, 1.54) is 18.4 Å². The third-order valence-corrected chi connectivity index (χ3v) is 5.22. The zero-order valence-electron chi connectivity index (χ0n) is 14.2. The van der Waals surface area contributed by atoms with Gasteiger partial charge in [0.1, 0.15) is 17.3 Å². The van der Waals surface area contributed by atoms with Gasteiger partial charge in [-0.25, -0.2) is 0 Å². The van der Waals surface area contributed by atoms with E-state index in [1.807, 2.05) is 13.8 Å². The molecule has 1 aromatic rings. The molecule has 3 atom stereocenters. The first-order valence-corrected chi connectivity index (χ1v) is 8.47. The first-order valence-electron chi connectivity index (χ1n) is 8.47. The van der Waals surface area contributed by atoms with E-state index >= 15 is 0 Å². The van der Waals surface area contributed by atoms with Crippen LogP contribution >= 0.6 is 0 Å². The van der Waals surface area contributed by atoms with E-state index in [1.54, 1.807) is 0 Å². The lowest BCUT2D eigenvalue weighted by molar-refractivity contribution is -0.127. The summed E-state index contributed by atoms with van der Waals surface area (Å²) in [5, 5.41) is 0. The van der Waals surface area contributed by atoms with E-state index in [2.05, 4.69) is 26.8 Å². The molecular weight excluding hydrogens is 260 g/mol. The topological polar surface area (TPSA) is 30.2 Å². The smallest absolute Gasteiger partial charge is 0.136 e. The summed E-state index contributed by atoms with van der Waals surface area (Å²) in [6, 6.07) is 2.08. The molecule has 2 rings (SSSR count). The van der Waals surface area contributed by atoms with E-state index in [-0.39, 0.29) is 5.92 Å². The van der Waals surface area contributed by atoms with Crippen LogP contribution in [-0.4, -0.2) is 5.78 Å². The SMILES string of the molecule is Cc1cc(CCC(=O)[C@@H]2C[C@H](C)CC[C@H]2C(C)C)c(C)o1. The van der Waals surface area contributed by atoms with E-state index in [0.29, 0.717) is 30.0 Å². The van der Waals surface area contributed by atoms with Crippen LogP contribution in [0.25, 0.3) is 0 Å². The Kier molecular flexibility index (Phi) is 5.29. The number of hydrogen-bond acceptors (Lipinski definition) is 2. The number of Topliss-reactive ketones (excluding diaryl/α,β-unsaturated/α-hetero) is 1. The Hall–Kier alpha value is -1.05. The van der Waals surface area contributed by atoms with Gasteiger partial charge in [-0.3, -0.25) is 4.79 Å². The van der Waals surface area contributed by atoms with Crippen molar-refractivity contribution in [3.05, 3.63) is 23.2 Å². The molecule has 0 N–H and O–H groups in total. The van der Waals surface area contributed by atoms with Gasteiger partial charge in [0.05, 0.1) is 0 Å². The Labute approximate surface area is 129 Å². The van der Waals surface area contributed by atoms with Gasteiger partial charge in [0, 0.05) is 12.3 Å². The third-order valence-electron chi connectivity index (χ3n) is 5.22. The molecule has 1 aliphatic rings. The lowest BCUT2D eigenvalue weighted by atomic mass is 9.68. The minimum atomic E-state index is 0.280. The van der Waals surface area contributed by atoms with Gasteiger partial charge >= 0.3 is 0 Å². The van der Waals surface area contributed by atoms with Crippen molar-refractivity contribution >= 4 is 5.78 Å². The van der Waals surface area contributed by atoms with Gasteiger partial charge in [-0.15, -0.1) is 0 Å². The van der Waals surface area contributed by atoms with Crippen LogP contribution in [0.2, 0.25) is 0 Å². The number of ketones is 1. The molecule has 1 heterocycles. The molecule has 0 aliphatic heterocycles. The molecule has 21 heavy (non-hydrogen) atoms. The Bertz CT molecular complexity index is 484. The standard InChI is InChI=1S/C19H30O2/c1-12(2)17-8-6-13(3)10-18(17)19(20)9-7-16-11-14(4)21-15(16)5/h11-13,17-18H,6-10H2,1-5H3/t13-,17+,18-/m1/s1. The largest absolute Gasteiger partial charge is 0.466 e. The molecule has 1 aromatic heterocycles. The minimum absolute atomic E-state index is 0.280. The van der Waals surface area contributed by atoms with Gasteiger partial charge in [0.2, 0.25) is 0 Å². The summed E-state index contributed by atoms with van der Waals surface area (Å²) in [7, 11) is 0. The van der Waals surface area contributed by atoms with Gasteiger partial charge < -0.3 is 4.42 Å². The molecule has 2 heteroatoms. The molecular formula is C19H30O2. The molecule has 2 nitrogen and oxygen atoms in total. The molecule has 0 spiro atoms. The summed E-state index contributed by atoms with van der Waals surface area (Å²) in [6.45, 7) is 10.8. The van der Waals surface area contributed by atoms with Crippen LogP contribution in [-0.2, 0) is 11.2 Å². The van der Waals surface area contributed by atoms with Crippen molar-refractivity contribution in [3.8, 4) is 0 Å². The van der Waals surface area contributed by atoms with Crippen LogP contribution in [0.3, 0.4) is 0 Å². The van der Waals surface area contributed by atoms with Gasteiger partial charge in [0.25, 0.3) is 0 Å². The molecule has 0 saturated heterocycles. The monoisotopic (exact) mass is 290 g/mol. The van der Waals surface area contributed by atoms with Crippen LogP contribution in [0.4, 0.5) is 0 Å². The highest BCUT2D eigenvalue weighted by atomic mass is 16.3. The van der Waals surface area contributed by atoms with Gasteiger partial charge in [-0.05, 0) is 62.5 Å². The van der Waals surface area contributed by atoms with Crippen molar-refractivity contribution in [2.24, 2.45) is 23.7 Å². The second kappa shape index (κ2) is 6.81. The van der Waals surface area contributed by atoms with Crippen LogP contribution in [0.1, 0.15) is 63.5 Å². The highest BCUT2D eigenvalue weighted by Gasteiger charge is 2.34. The van der Waals surface area contributed by atoms with Crippen molar-refractivity contribution in [3.63, 3.8) is 0 Å². The van der Waals surface area contributed by atoms with E-state index in [4.69, 9.17) is 4.42 Å². The van der Waals surface area contributed by atoms with Crippen LogP contribution in [0, 0.1) is 37.5 Å². The van der Waals surface area contributed by atoms with Gasteiger partial charge in [-0.2, -0.15) is 0 Å². The average Bonchev–Trinajstić information content (AvgIpc) is 2.73. The van der Waals surface area contributed by atoms with Crippen LogP contribution in [0.15, 0.2) is 10.5 Å². The lowest BCUT2D eigenvalue weighted by Gasteiger charge is -2.36. The molecule has 1 aliphatic carbocycles. The molecule has 118 valence electrons. The average molecular weight is 290 g/mol. The number of carbonyl (C=O) groups is 1. The lowest BCUT2D eigenvalue weighted by Crippen LogP contribution is -2.33. The van der Waals surface area contributed by atoms with Crippen molar-refractivity contribution in [2.45, 2.75) is 66.7 Å². The molecule has 0 radical (unpaired) electrons.